The van der Waals surface area contributed by atoms with E-state index in [9.17, 15) is 14.2 Å². The summed E-state index contributed by atoms with van der Waals surface area (Å²) in [7, 11) is -2.53. The number of aromatic amines is 1. The van der Waals surface area contributed by atoms with E-state index >= 15 is 9.18 Å². The molecule has 2 fully saturated rings. The second-order valence-electron chi connectivity index (χ2n) is 17.3. The minimum Gasteiger partial charge on any atom is -0.381 e. The summed E-state index contributed by atoms with van der Waals surface area (Å²) >= 11 is 7.54. The van der Waals surface area contributed by atoms with Crippen LogP contribution in [0.3, 0.4) is 0 Å². The zero-order valence-corrected chi connectivity index (χ0v) is 36.5. The number of nitrogens with one attached hydrogen (secondary N) is 1. The number of fused-ring (bicyclic) bond motifs is 2. The molecule has 1 saturated carbocycles. The summed E-state index contributed by atoms with van der Waals surface area (Å²) in [6, 6.07) is 18.5. The van der Waals surface area contributed by atoms with E-state index in [1.165, 1.54) is 9.13 Å². The fourth-order valence-electron chi connectivity index (χ4n) is 9.58. The molecule has 1 saturated heterocycles. The first kappa shape index (κ1) is 40.3. The molecule has 10 rings (SSSR count). The molecule has 3 atom stereocenters. The maximum Gasteiger partial charge on any atom is 0.438 e. The van der Waals surface area contributed by atoms with Gasteiger partial charge in [0.05, 0.1) is 22.6 Å². The van der Waals surface area contributed by atoms with Crippen molar-refractivity contribution in [2.45, 2.75) is 63.4 Å². The van der Waals surface area contributed by atoms with Crippen LogP contribution in [-0.4, -0.2) is 77.5 Å². The van der Waals surface area contributed by atoms with Gasteiger partial charge in [0.2, 0.25) is 0 Å². The third-order valence-electron chi connectivity index (χ3n) is 13.0. The molecule has 4 aromatic heterocycles. The van der Waals surface area contributed by atoms with Crippen LogP contribution in [0.2, 0.25) is 0 Å². The molecule has 3 unspecified atom stereocenters. The molecular formula is C45H45ClFN8O6P. The summed E-state index contributed by atoms with van der Waals surface area (Å²) in [4.78, 5) is 46.6. The highest BCUT2D eigenvalue weighted by Gasteiger charge is 2.59. The fourth-order valence-corrected chi connectivity index (χ4v) is 10.9. The molecule has 0 bridgehead atoms. The number of imidazole rings is 1. The Hall–Kier alpha value is -5.76. The molecule has 62 heavy (non-hydrogen) atoms. The smallest absolute Gasteiger partial charge is 0.381 e. The van der Waals surface area contributed by atoms with Crippen molar-refractivity contribution in [3.63, 3.8) is 0 Å². The molecule has 3 aromatic carbocycles. The Labute approximate surface area is 360 Å². The zero-order valence-electron chi connectivity index (χ0n) is 34.9. The lowest BCUT2D eigenvalue weighted by atomic mass is 9.91. The SMILES string of the molecule is Cc1cc(-n2nc3c(c2-n2ccn(-c4ccc(P(C)(C)=O)cc4)c2=O)C(Cl)N(C(=O)c2cc4cc(C5CCOCC5)ccc4n2C2(c4noc(=O)[nH]4)CC2C)CC3)cc(C)c1F. The third kappa shape index (κ3) is 6.38. The summed E-state index contributed by atoms with van der Waals surface area (Å²) < 4.78 is 45.0. The molecule has 1 amide bonds. The number of amides is 1. The molecule has 0 spiro atoms. The number of ether oxygens (including phenoxy) is 1. The number of hydrogen-bond acceptors (Lipinski definition) is 8. The van der Waals surface area contributed by atoms with Crippen molar-refractivity contribution in [3.8, 4) is 17.2 Å². The molecule has 320 valence electrons. The minimum absolute atomic E-state index is 0.00615. The number of aryl methyl sites for hydroxylation is 2. The van der Waals surface area contributed by atoms with Crippen LogP contribution in [0.4, 0.5) is 4.39 Å². The number of benzene rings is 3. The van der Waals surface area contributed by atoms with E-state index in [-0.39, 0.29) is 24.2 Å². The lowest BCUT2D eigenvalue weighted by Gasteiger charge is -2.33. The number of nitrogens with zero attached hydrogens (tertiary/aromatic N) is 7. The van der Waals surface area contributed by atoms with Crippen LogP contribution in [0.1, 0.15) is 81.9 Å². The van der Waals surface area contributed by atoms with Gasteiger partial charge in [-0.25, -0.2) is 18.7 Å². The molecule has 3 aliphatic rings. The van der Waals surface area contributed by atoms with Crippen molar-refractivity contribution in [1.29, 1.82) is 0 Å². The van der Waals surface area contributed by atoms with E-state index in [1.807, 2.05) is 23.6 Å². The first-order chi connectivity index (χ1) is 29.6. The quantitative estimate of drug-likeness (QED) is 0.0967. The second-order valence-corrected chi connectivity index (χ2v) is 20.9. The fraction of sp³-hybridized carbons (Fsp3) is 0.356. The van der Waals surface area contributed by atoms with Gasteiger partial charge in [0.15, 0.2) is 11.6 Å². The molecule has 1 aliphatic carbocycles. The van der Waals surface area contributed by atoms with E-state index in [1.54, 1.807) is 85.6 Å². The number of rotatable bonds is 8. The topological polar surface area (TPSA) is 155 Å². The van der Waals surface area contributed by atoms with Gasteiger partial charge in [0.1, 0.15) is 29.7 Å². The lowest BCUT2D eigenvalue weighted by Crippen LogP contribution is -2.40. The van der Waals surface area contributed by atoms with Crippen LogP contribution < -0.4 is 16.8 Å². The number of hydrogen-bond donors (Lipinski definition) is 1. The number of H-pyrrole nitrogens is 1. The first-order valence-electron chi connectivity index (χ1n) is 20.8. The largest absolute Gasteiger partial charge is 0.438 e. The molecule has 7 aromatic rings. The Morgan fingerprint density at radius 1 is 0.968 bits per heavy atom. The third-order valence-corrected chi connectivity index (χ3v) is 15.0. The maximum atomic E-state index is 15.3. The predicted octanol–water partition coefficient (Wildman–Crippen LogP) is 7.06. The number of carbonyl (C=O) groups is 1. The van der Waals surface area contributed by atoms with Crippen LogP contribution in [-0.2, 0) is 21.3 Å². The minimum atomic E-state index is -2.53. The first-order valence-corrected chi connectivity index (χ1v) is 23.8. The van der Waals surface area contributed by atoms with Crippen molar-refractivity contribution in [3.05, 3.63) is 139 Å². The average molecular weight is 879 g/mol. The molecule has 14 nitrogen and oxygen atoms in total. The van der Waals surface area contributed by atoms with Crippen molar-refractivity contribution < 1.29 is 23.0 Å². The summed E-state index contributed by atoms with van der Waals surface area (Å²) in [6.07, 6.45) is 5.95. The molecule has 0 radical (unpaired) electrons. The number of aromatic nitrogens is 7. The van der Waals surface area contributed by atoms with Gasteiger partial charge in [-0.15, -0.1) is 0 Å². The standard InChI is InChI=1S/C45H45ClFN8O6P/c1-25-20-32(21-26(2)38(25)47)55-40(53-17-16-51(44(53)58)31-7-9-33(10-8-31)62(4,5)59)37-34(49-55)12-15-52(39(37)46)41(56)36-23-30-22-29(28-13-18-60-19-14-28)6-11-35(30)54(36)45(24-27(45)3)42-48-43(57)61-50-42/h6-11,16-17,20-23,27-28,39H,12-15,18-19,24H2,1-5H3,(H,48,50,57). The van der Waals surface area contributed by atoms with Gasteiger partial charge in [-0.3, -0.25) is 23.4 Å². The van der Waals surface area contributed by atoms with Gasteiger partial charge in [0, 0.05) is 54.8 Å². The number of carbonyl (C=O) groups excluding carboxylic acids is 1. The van der Waals surface area contributed by atoms with E-state index in [2.05, 4.69) is 22.3 Å². The molecule has 1 N–H and O–H groups in total. The van der Waals surface area contributed by atoms with E-state index in [0.29, 0.717) is 88.4 Å². The van der Waals surface area contributed by atoms with E-state index < -0.39 is 29.6 Å². The van der Waals surface area contributed by atoms with Crippen molar-refractivity contribution >= 4 is 40.9 Å². The number of alkyl halides is 1. The summed E-state index contributed by atoms with van der Waals surface area (Å²) in [6.45, 7) is 10.4. The zero-order chi connectivity index (χ0) is 43.4. The van der Waals surface area contributed by atoms with Gasteiger partial charge in [-0.05, 0) is 130 Å². The Kier molecular flexibility index (Phi) is 9.54. The van der Waals surface area contributed by atoms with Crippen molar-refractivity contribution in [2.75, 3.05) is 33.1 Å². The Morgan fingerprint density at radius 2 is 1.66 bits per heavy atom. The van der Waals surface area contributed by atoms with Crippen LogP contribution in [0.25, 0.3) is 28.1 Å². The highest BCUT2D eigenvalue weighted by Crippen LogP contribution is 2.56. The second kappa shape index (κ2) is 14.7. The van der Waals surface area contributed by atoms with Crippen LogP contribution >= 0.6 is 18.7 Å². The maximum absolute atomic E-state index is 15.3. The number of halogens is 2. The van der Waals surface area contributed by atoms with Gasteiger partial charge >= 0.3 is 11.4 Å². The summed E-state index contributed by atoms with van der Waals surface area (Å²) in [5, 5.41) is 10.7. The average Bonchev–Trinajstić information content (AvgIpc) is 3.75. The van der Waals surface area contributed by atoms with Crippen LogP contribution in [0, 0.1) is 25.6 Å². The Bertz CT molecular complexity index is 3090. The van der Waals surface area contributed by atoms with Crippen molar-refractivity contribution in [1.82, 2.24) is 38.5 Å². The normalized spacial score (nSPS) is 20.5. The van der Waals surface area contributed by atoms with Gasteiger partial charge in [-0.1, -0.05) is 29.7 Å². The predicted molar refractivity (Wildman–Crippen MR) is 233 cm³/mol. The van der Waals surface area contributed by atoms with E-state index in [0.717, 1.165) is 29.3 Å². The molecule has 2 aliphatic heterocycles. The van der Waals surface area contributed by atoms with Crippen molar-refractivity contribution in [2.24, 2.45) is 5.92 Å². The van der Waals surface area contributed by atoms with Crippen LogP contribution in [0.15, 0.2) is 87.2 Å². The Balaban J connectivity index is 1.11. The molecular weight excluding hydrogens is 834 g/mol. The van der Waals surface area contributed by atoms with E-state index in [4.69, 9.17) is 26.0 Å². The monoisotopic (exact) mass is 878 g/mol. The molecule has 6 heterocycles. The summed E-state index contributed by atoms with van der Waals surface area (Å²) in [5.41, 5.74) is 2.85. The molecule has 17 heteroatoms. The lowest BCUT2D eigenvalue weighted by molar-refractivity contribution is 0.0709. The highest BCUT2D eigenvalue weighted by molar-refractivity contribution is 7.70. The van der Waals surface area contributed by atoms with Gasteiger partial charge in [-0.2, -0.15) is 5.10 Å². The van der Waals surface area contributed by atoms with Crippen LogP contribution in [0.5, 0.6) is 0 Å². The summed E-state index contributed by atoms with van der Waals surface area (Å²) in [5.74, 6) is -0.427. The van der Waals surface area contributed by atoms with Gasteiger partial charge < -0.3 is 18.8 Å². The van der Waals surface area contributed by atoms with Gasteiger partial charge in [0.25, 0.3) is 5.91 Å². The Morgan fingerprint density at radius 3 is 2.31 bits per heavy atom. The highest BCUT2D eigenvalue weighted by atomic mass is 35.5.